The lowest BCUT2D eigenvalue weighted by Crippen LogP contribution is -2.30. The van der Waals surface area contributed by atoms with Crippen molar-refractivity contribution in [2.75, 3.05) is 18.5 Å². The lowest BCUT2D eigenvalue weighted by Gasteiger charge is -2.18. The van der Waals surface area contributed by atoms with E-state index in [2.05, 4.69) is 5.10 Å². The van der Waals surface area contributed by atoms with Crippen LogP contribution >= 0.6 is 0 Å². The summed E-state index contributed by atoms with van der Waals surface area (Å²) in [4.78, 5) is 10.0. The average Bonchev–Trinajstić information content (AvgIpc) is 2.73. The molecule has 14 heteroatoms. The van der Waals surface area contributed by atoms with Crippen LogP contribution in [0.5, 0.6) is 0 Å². The van der Waals surface area contributed by atoms with Gasteiger partial charge >= 0.3 is 0 Å². The largest absolute Gasteiger partial charge is 0.295 e. The van der Waals surface area contributed by atoms with E-state index in [9.17, 15) is 40.5 Å². The number of benzene rings is 2. The van der Waals surface area contributed by atoms with Crippen molar-refractivity contribution in [1.82, 2.24) is 4.31 Å². The topological polar surface area (TPSA) is 105 Å². The van der Waals surface area contributed by atoms with Crippen molar-refractivity contribution in [3.8, 4) is 0 Å². The molecule has 2 rings (SSSR count). The molecule has 2 aromatic rings. The van der Waals surface area contributed by atoms with Crippen molar-refractivity contribution in [3.05, 3.63) is 63.0 Å². The third kappa shape index (κ3) is 4.64. The molecule has 0 saturated carbocycles. The van der Waals surface area contributed by atoms with Gasteiger partial charge in [-0.05, 0) is 12.1 Å². The monoisotopic (exact) mass is 466 g/mol. The van der Waals surface area contributed by atoms with E-state index in [0.717, 1.165) is 22.5 Å². The average molecular weight is 466 g/mol. The fraction of sp³-hybridized carbons (Fsp3) is 0.235. The summed E-state index contributed by atoms with van der Waals surface area (Å²) < 4.78 is 92.9. The smallest absolute Gasteiger partial charge is 0.272 e. The molecule has 0 aliphatic carbocycles. The Morgan fingerprint density at radius 1 is 1.03 bits per heavy atom. The molecule has 2 aromatic carbocycles. The summed E-state index contributed by atoms with van der Waals surface area (Å²) in [5.41, 5.74) is -0.467. The summed E-state index contributed by atoms with van der Waals surface area (Å²) in [6, 6.07) is 2.77. The third-order valence-electron chi connectivity index (χ3n) is 4.13. The number of anilines is 1. The van der Waals surface area contributed by atoms with E-state index in [0.29, 0.717) is 0 Å². The van der Waals surface area contributed by atoms with Gasteiger partial charge in [0.25, 0.3) is 5.69 Å². The highest BCUT2D eigenvalue weighted by atomic mass is 32.2. The lowest BCUT2D eigenvalue weighted by atomic mass is 10.2. The minimum Gasteiger partial charge on any atom is -0.272 e. The molecular formula is C17H15F5N4O4S. The van der Waals surface area contributed by atoms with Crippen LogP contribution in [0.1, 0.15) is 19.4 Å². The van der Waals surface area contributed by atoms with Crippen LogP contribution in [0.25, 0.3) is 0 Å². The zero-order chi connectivity index (χ0) is 23.5. The molecule has 31 heavy (non-hydrogen) atoms. The Morgan fingerprint density at radius 2 is 1.55 bits per heavy atom. The molecule has 1 N–H and O–H groups in total. The van der Waals surface area contributed by atoms with Crippen molar-refractivity contribution < 1.29 is 35.3 Å². The summed E-state index contributed by atoms with van der Waals surface area (Å²) in [5, 5.41) is 14.6. The molecule has 168 valence electrons. The SMILES string of the molecule is CCN(CC)S(=O)(=O)c1ccc(NN=Cc2c(F)c(F)c(F)c(F)c2F)c([N+](=O)[O-])c1. The molecule has 8 nitrogen and oxygen atoms in total. The predicted molar refractivity (Wildman–Crippen MR) is 101 cm³/mol. The Kier molecular flexibility index (Phi) is 7.28. The Hall–Kier alpha value is -3.13. The van der Waals surface area contributed by atoms with Crippen LogP contribution < -0.4 is 5.43 Å². The van der Waals surface area contributed by atoms with Crippen LogP contribution in [0.15, 0.2) is 28.2 Å². The van der Waals surface area contributed by atoms with Crippen LogP contribution in [-0.4, -0.2) is 37.0 Å². The molecule has 0 aromatic heterocycles. The van der Waals surface area contributed by atoms with Crippen molar-refractivity contribution in [3.63, 3.8) is 0 Å². The number of halogens is 5. The predicted octanol–water partition coefficient (Wildman–Crippen LogP) is 3.77. The highest BCUT2D eigenvalue weighted by Gasteiger charge is 2.26. The summed E-state index contributed by atoms with van der Waals surface area (Å²) in [7, 11) is -4.02. The first-order valence-electron chi connectivity index (χ1n) is 8.56. The van der Waals surface area contributed by atoms with Crippen LogP contribution in [0.4, 0.5) is 33.3 Å². The maximum atomic E-state index is 13.6. The first-order valence-corrected chi connectivity index (χ1v) is 10.00. The number of hydrazone groups is 1. The Balaban J connectivity index is 2.43. The number of nitro benzene ring substituents is 1. The van der Waals surface area contributed by atoms with Crippen molar-refractivity contribution >= 4 is 27.6 Å². The molecule has 0 unspecified atom stereocenters. The highest BCUT2D eigenvalue weighted by molar-refractivity contribution is 7.89. The standard InChI is InChI=1S/C17H15F5N4O4S/c1-3-25(4-2)31(29,30)9-5-6-11(12(7-9)26(27)28)24-23-8-10-13(18)15(20)17(22)16(21)14(10)19/h5-8,24H,3-4H2,1-2H3. The van der Waals surface area contributed by atoms with Crippen LogP contribution in [0, 0.1) is 39.2 Å². The maximum Gasteiger partial charge on any atom is 0.295 e. The van der Waals surface area contributed by atoms with Gasteiger partial charge in [0.15, 0.2) is 23.3 Å². The molecule has 0 amide bonds. The van der Waals surface area contributed by atoms with Gasteiger partial charge in [0, 0.05) is 19.2 Å². The Morgan fingerprint density at radius 3 is 2.03 bits per heavy atom. The second kappa shape index (κ2) is 9.34. The maximum absolute atomic E-state index is 13.6. The summed E-state index contributed by atoms with van der Waals surface area (Å²) in [5.74, 6) is -11.0. The van der Waals surface area contributed by atoms with E-state index >= 15 is 0 Å². The first kappa shape index (κ1) is 24.1. The number of nitro groups is 1. The van der Waals surface area contributed by atoms with Crippen LogP contribution in [0.3, 0.4) is 0 Å². The highest BCUT2D eigenvalue weighted by Crippen LogP contribution is 2.29. The second-order valence-corrected chi connectivity index (χ2v) is 7.82. The van der Waals surface area contributed by atoms with Crippen LogP contribution in [-0.2, 0) is 10.0 Å². The molecular weight excluding hydrogens is 451 g/mol. The fourth-order valence-corrected chi connectivity index (χ4v) is 4.01. The van der Waals surface area contributed by atoms with Gasteiger partial charge in [0.2, 0.25) is 15.8 Å². The Bertz CT molecular complexity index is 1120. The molecule has 0 aliphatic heterocycles. The molecule has 0 atom stereocenters. The van der Waals surface area contributed by atoms with Gasteiger partial charge in [0.05, 0.1) is 21.6 Å². The van der Waals surface area contributed by atoms with Crippen molar-refractivity contribution in [1.29, 1.82) is 0 Å². The number of sulfonamides is 1. The van der Waals surface area contributed by atoms with Gasteiger partial charge in [-0.2, -0.15) is 9.41 Å². The summed E-state index contributed by atoms with van der Waals surface area (Å²) >= 11 is 0. The van der Waals surface area contributed by atoms with Gasteiger partial charge in [-0.15, -0.1) is 0 Å². The van der Waals surface area contributed by atoms with Crippen LogP contribution in [0.2, 0.25) is 0 Å². The van der Waals surface area contributed by atoms with Gasteiger partial charge in [0.1, 0.15) is 5.69 Å². The van der Waals surface area contributed by atoms with E-state index in [4.69, 9.17) is 0 Å². The molecule has 0 bridgehead atoms. The quantitative estimate of drug-likeness (QED) is 0.159. The number of rotatable bonds is 8. The molecule has 0 aliphatic rings. The number of hydrogen-bond donors (Lipinski definition) is 1. The van der Waals surface area contributed by atoms with Crippen molar-refractivity contribution in [2.45, 2.75) is 18.7 Å². The van der Waals surface area contributed by atoms with Gasteiger partial charge < -0.3 is 0 Å². The van der Waals surface area contributed by atoms with Gasteiger partial charge in [-0.25, -0.2) is 30.4 Å². The lowest BCUT2D eigenvalue weighted by molar-refractivity contribution is -0.384. The molecule has 0 spiro atoms. The summed E-state index contributed by atoms with van der Waals surface area (Å²) in [6.07, 6.45) is 0.251. The first-order chi connectivity index (χ1) is 14.5. The number of nitrogens with one attached hydrogen (secondary N) is 1. The molecule has 0 heterocycles. The normalized spacial score (nSPS) is 12.0. The van der Waals surface area contributed by atoms with E-state index in [1.807, 2.05) is 5.43 Å². The summed E-state index contributed by atoms with van der Waals surface area (Å²) in [6.45, 7) is 3.41. The van der Waals surface area contributed by atoms with Gasteiger partial charge in [-0.3, -0.25) is 15.5 Å². The van der Waals surface area contributed by atoms with E-state index < -0.39 is 55.3 Å². The number of hydrogen-bond acceptors (Lipinski definition) is 6. The molecule has 0 fully saturated rings. The van der Waals surface area contributed by atoms with Crippen molar-refractivity contribution in [2.24, 2.45) is 5.10 Å². The minimum absolute atomic E-state index is 0.124. The minimum atomic E-state index is -4.02. The zero-order valence-corrected chi connectivity index (χ0v) is 16.8. The second-order valence-electron chi connectivity index (χ2n) is 5.88. The molecule has 0 radical (unpaired) electrons. The molecule has 0 saturated heterocycles. The van der Waals surface area contributed by atoms with E-state index in [1.54, 1.807) is 13.8 Å². The van der Waals surface area contributed by atoms with E-state index in [-0.39, 0.29) is 29.9 Å². The fourth-order valence-electron chi connectivity index (χ4n) is 2.53. The zero-order valence-electron chi connectivity index (χ0n) is 16.0. The number of nitrogens with zero attached hydrogens (tertiary/aromatic N) is 3. The van der Waals surface area contributed by atoms with E-state index in [1.165, 1.54) is 0 Å². The van der Waals surface area contributed by atoms with Gasteiger partial charge in [-0.1, -0.05) is 13.8 Å². The Labute approximate surface area is 173 Å². The third-order valence-corrected chi connectivity index (χ3v) is 6.18.